The number of carbonyl (C=O) groups excluding carboxylic acids is 1. The number of carbonyl (C=O) groups is 1. The molecule has 0 aliphatic carbocycles. The molecule has 7 heteroatoms. The Hall–Kier alpha value is -2.54. The van der Waals surface area contributed by atoms with E-state index >= 15 is 0 Å². The second kappa shape index (κ2) is 6.70. The Morgan fingerprint density at radius 3 is 2.26 bits per heavy atom. The number of benzene rings is 2. The monoisotopic (exact) mass is 335 g/mol. The largest absolute Gasteiger partial charge is 0.493 e. The van der Waals surface area contributed by atoms with Gasteiger partial charge in [0.1, 0.15) is 5.75 Å². The van der Waals surface area contributed by atoms with Gasteiger partial charge in [-0.1, -0.05) is 6.07 Å². The maximum Gasteiger partial charge on any atom is 0.264 e. The molecule has 2 aromatic rings. The molecule has 122 valence electrons. The van der Waals surface area contributed by atoms with Crippen LogP contribution in [-0.4, -0.2) is 27.7 Å². The van der Waals surface area contributed by atoms with Gasteiger partial charge < -0.3 is 9.47 Å². The Bertz CT molecular complexity index is 813. The van der Waals surface area contributed by atoms with E-state index in [1.165, 1.54) is 12.1 Å². The van der Waals surface area contributed by atoms with Crippen molar-refractivity contribution in [2.45, 2.75) is 6.92 Å². The average Bonchev–Trinajstić information content (AvgIpc) is 2.46. The second-order valence-electron chi connectivity index (χ2n) is 4.98. The number of sulfonamides is 1. The predicted molar refractivity (Wildman–Crippen MR) is 86.6 cm³/mol. The molecule has 23 heavy (non-hydrogen) atoms. The molecular formula is C16H17NO5S. The summed E-state index contributed by atoms with van der Waals surface area (Å²) in [5.74, 6) is 0.965. The van der Waals surface area contributed by atoms with Gasteiger partial charge in [-0.25, -0.2) is 13.1 Å². The van der Waals surface area contributed by atoms with Crippen LogP contribution < -0.4 is 14.2 Å². The topological polar surface area (TPSA) is 81.7 Å². The average molecular weight is 335 g/mol. The van der Waals surface area contributed by atoms with Gasteiger partial charge in [0.15, 0.2) is 11.5 Å². The number of ether oxygens (including phenoxy) is 2. The molecule has 0 saturated carbocycles. The summed E-state index contributed by atoms with van der Waals surface area (Å²) in [7, 11) is -2.04. The molecule has 2 rings (SSSR count). The summed E-state index contributed by atoms with van der Waals surface area (Å²) in [5.41, 5.74) is 1.24. The fourth-order valence-corrected chi connectivity index (χ4v) is 2.35. The van der Waals surface area contributed by atoms with E-state index in [1.807, 2.05) is 23.8 Å². The highest BCUT2D eigenvalue weighted by molar-refractivity contribution is 7.89. The molecule has 1 amide bonds. The normalized spacial score (nSPS) is 10.9. The minimum atomic E-state index is -3.59. The van der Waals surface area contributed by atoms with Crippen LogP contribution in [0, 0.1) is 6.92 Å². The third-order valence-electron chi connectivity index (χ3n) is 2.94. The quantitative estimate of drug-likeness (QED) is 0.908. The molecule has 0 fully saturated rings. The smallest absolute Gasteiger partial charge is 0.264 e. The van der Waals surface area contributed by atoms with Crippen LogP contribution in [0.25, 0.3) is 0 Å². The van der Waals surface area contributed by atoms with Gasteiger partial charge in [-0.2, -0.15) is 0 Å². The number of rotatable bonds is 5. The SMILES string of the molecule is COc1ccc(C)cc1Oc1ccc(C(=O)NS(C)(=O)=O)cc1. The molecule has 0 heterocycles. The molecule has 0 unspecified atom stereocenters. The fourth-order valence-electron chi connectivity index (χ4n) is 1.89. The van der Waals surface area contributed by atoms with Crippen LogP contribution in [0.4, 0.5) is 0 Å². The lowest BCUT2D eigenvalue weighted by Crippen LogP contribution is -2.29. The number of amides is 1. The molecule has 0 atom stereocenters. The second-order valence-corrected chi connectivity index (χ2v) is 6.73. The summed E-state index contributed by atoms with van der Waals surface area (Å²) < 4.78 is 35.0. The van der Waals surface area contributed by atoms with E-state index in [0.29, 0.717) is 17.2 Å². The van der Waals surface area contributed by atoms with Crippen molar-refractivity contribution in [3.63, 3.8) is 0 Å². The fraction of sp³-hybridized carbons (Fsp3) is 0.188. The number of nitrogens with one attached hydrogen (secondary N) is 1. The Morgan fingerprint density at radius 2 is 1.70 bits per heavy atom. The zero-order valence-electron chi connectivity index (χ0n) is 13.0. The van der Waals surface area contributed by atoms with Crippen molar-refractivity contribution in [3.05, 3.63) is 53.6 Å². The predicted octanol–water partition coefficient (Wildman–Crippen LogP) is 2.49. The van der Waals surface area contributed by atoms with E-state index in [9.17, 15) is 13.2 Å². The van der Waals surface area contributed by atoms with Crippen molar-refractivity contribution in [2.24, 2.45) is 0 Å². The standard InChI is InChI=1S/C16H17NO5S/c1-11-4-9-14(21-2)15(10-11)22-13-7-5-12(6-8-13)16(18)17-23(3,19)20/h4-10H,1-3H3,(H,17,18). The van der Waals surface area contributed by atoms with E-state index in [0.717, 1.165) is 11.8 Å². The lowest BCUT2D eigenvalue weighted by atomic mass is 10.2. The van der Waals surface area contributed by atoms with Crippen LogP contribution in [-0.2, 0) is 10.0 Å². The van der Waals surface area contributed by atoms with E-state index in [-0.39, 0.29) is 5.56 Å². The van der Waals surface area contributed by atoms with Gasteiger partial charge in [-0.05, 0) is 48.9 Å². The van der Waals surface area contributed by atoms with Crippen molar-refractivity contribution in [2.75, 3.05) is 13.4 Å². The van der Waals surface area contributed by atoms with Gasteiger partial charge in [0.25, 0.3) is 5.91 Å². The van der Waals surface area contributed by atoms with Gasteiger partial charge in [0.05, 0.1) is 13.4 Å². The molecule has 6 nitrogen and oxygen atoms in total. The van der Waals surface area contributed by atoms with Gasteiger partial charge in [-0.3, -0.25) is 4.79 Å². The third kappa shape index (κ3) is 4.72. The highest BCUT2D eigenvalue weighted by Gasteiger charge is 2.11. The summed E-state index contributed by atoms with van der Waals surface area (Å²) in [6, 6.07) is 11.7. The molecule has 0 spiro atoms. The zero-order chi connectivity index (χ0) is 17.0. The lowest BCUT2D eigenvalue weighted by Gasteiger charge is -2.11. The minimum Gasteiger partial charge on any atom is -0.493 e. The van der Waals surface area contributed by atoms with Crippen molar-refractivity contribution in [3.8, 4) is 17.2 Å². The number of hydrogen-bond acceptors (Lipinski definition) is 5. The van der Waals surface area contributed by atoms with Crippen molar-refractivity contribution >= 4 is 15.9 Å². The molecule has 0 aliphatic rings. The number of aryl methyl sites for hydroxylation is 1. The maximum atomic E-state index is 11.7. The lowest BCUT2D eigenvalue weighted by molar-refractivity contribution is 0.0981. The first-order valence-electron chi connectivity index (χ1n) is 6.73. The molecule has 0 aliphatic heterocycles. The van der Waals surface area contributed by atoms with Crippen molar-refractivity contribution in [1.29, 1.82) is 0 Å². The maximum absolute atomic E-state index is 11.7. The Balaban J connectivity index is 2.18. The van der Waals surface area contributed by atoms with Crippen LogP contribution in [0.5, 0.6) is 17.2 Å². The van der Waals surface area contributed by atoms with Crippen molar-refractivity contribution in [1.82, 2.24) is 4.72 Å². The highest BCUT2D eigenvalue weighted by atomic mass is 32.2. The summed E-state index contributed by atoms with van der Waals surface area (Å²) in [6.45, 7) is 1.94. The van der Waals surface area contributed by atoms with Gasteiger partial charge in [0.2, 0.25) is 10.0 Å². The molecule has 0 bridgehead atoms. The molecule has 0 radical (unpaired) electrons. The minimum absolute atomic E-state index is 0.221. The first-order chi connectivity index (χ1) is 10.8. The van der Waals surface area contributed by atoms with Gasteiger partial charge in [0, 0.05) is 5.56 Å². The molecule has 1 N–H and O–H groups in total. The van der Waals surface area contributed by atoms with Gasteiger partial charge in [-0.15, -0.1) is 0 Å². The Labute approximate surface area is 135 Å². The highest BCUT2D eigenvalue weighted by Crippen LogP contribution is 2.32. The van der Waals surface area contributed by atoms with E-state index in [4.69, 9.17) is 9.47 Å². The first kappa shape index (κ1) is 16.8. The van der Waals surface area contributed by atoms with Crippen LogP contribution in [0.3, 0.4) is 0 Å². The van der Waals surface area contributed by atoms with E-state index < -0.39 is 15.9 Å². The van der Waals surface area contributed by atoms with E-state index in [2.05, 4.69) is 0 Å². The first-order valence-corrected chi connectivity index (χ1v) is 8.62. The summed E-state index contributed by atoms with van der Waals surface area (Å²) >= 11 is 0. The summed E-state index contributed by atoms with van der Waals surface area (Å²) in [4.78, 5) is 11.7. The van der Waals surface area contributed by atoms with Crippen LogP contribution >= 0.6 is 0 Å². The molecular weight excluding hydrogens is 318 g/mol. The van der Waals surface area contributed by atoms with Crippen LogP contribution in [0.2, 0.25) is 0 Å². The number of methoxy groups -OCH3 is 1. The molecule has 0 saturated heterocycles. The van der Waals surface area contributed by atoms with E-state index in [1.54, 1.807) is 25.3 Å². The van der Waals surface area contributed by atoms with Crippen molar-refractivity contribution < 1.29 is 22.7 Å². The third-order valence-corrected chi connectivity index (χ3v) is 3.50. The molecule has 0 aromatic heterocycles. The zero-order valence-corrected chi connectivity index (χ0v) is 13.8. The molecule has 2 aromatic carbocycles. The Kier molecular flexibility index (Phi) is 4.90. The summed E-state index contributed by atoms with van der Waals surface area (Å²) in [6.07, 6.45) is 0.923. The summed E-state index contributed by atoms with van der Waals surface area (Å²) in [5, 5.41) is 0. The van der Waals surface area contributed by atoms with Gasteiger partial charge >= 0.3 is 0 Å². The van der Waals surface area contributed by atoms with Crippen LogP contribution in [0.1, 0.15) is 15.9 Å². The van der Waals surface area contributed by atoms with Crippen LogP contribution in [0.15, 0.2) is 42.5 Å². The number of hydrogen-bond donors (Lipinski definition) is 1. The Morgan fingerprint density at radius 1 is 1.04 bits per heavy atom.